The van der Waals surface area contributed by atoms with Gasteiger partial charge in [-0.15, -0.1) is 0 Å². The van der Waals surface area contributed by atoms with Gasteiger partial charge in [-0.05, 0) is 24.6 Å². The van der Waals surface area contributed by atoms with Gasteiger partial charge in [0.05, 0.1) is 10.5 Å². The average Bonchev–Trinajstić information content (AvgIpc) is 2.46. The first-order valence-corrected chi connectivity index (χ1v) is 7.72. The van der Waals surface area contributed by atoms with Crippen LogP contribution >= 0.6 is 0 Å². The highest BCUT2D eigenvalue weighted by Gasteiger charge is 2.44. The number of rotatable bonds is 4. The van der Waals surface area contributed by atoms with Crippen LogP contribution in [0.3, 0.4) is 0 Å². The molecule has 2 bridgehead atoms. The van der Waals surface area contributed by atoms with Crippen molar-refractivity contribution in [3.8, 4) is 0 Å². The van der Waals surface area contributed by atoms with E-state index in [9.17, 15) is 27.7 Å². The van der Waals surface area contributed by atoms with Crippen molar-refractivity contribution in [3.63, 3.8) is 0 Å². The van der Waals surface area contributed by atoms with E-state index in [0.717, 1.165) is 13.0 Å². The van der Waals surface area contributed by atoms with Crippen LogP contribution in [-0.4, -0.2) is 46.4 Å². The average molecular weight is 347 g/mol. The van der Waals surface area contributed by atoms with Crippen molar-refractivity contribution in [3.05, 3.63) is 39.2 Å². The zero-order valence-corrected chi connectivity index (χ0v) is 13.0. The largest absolute Gasteiger partial charge is 0.416 e. The number of benzene rings is 1. The molecule has 4 rings (SSSR count). The molecule has 0 radical (unpaired) electrons. The van der Waals surface area contributed by atoms with Gasteiger partial charge in [0.15, 0.2) is 0 Å². The number of nitro benzene ring substituents is 1. The molecular formula is C15H17F4N3O2. The third kappa shape index (κ3) is 2.98. The number of alkyl halides is 3. The molecule has 3 fully saturated rings. The number of hydrogen-bond donors (Lipinski definition) is 0. The van der Waals surface area contributed by atoms with Crippen LogP contribution in [0.2, 0.25) is 0 Å². The summed E-state index contributed by atoms with van der Waals surface area (Å²) >= 11 is 0. The fourth-order valence-corrected chi connectivity index (χ4v) is 3.80. The molecule has 0 spiro atoms. The highest BCUT2D eigenvalue weighted by atomic mass is 19.4. The van der Waals surface area contributed by atoms with E-state index < -0.39 is 28.2 Å². The van der Waals surface area contributed by atoms with Crippen molar-refractivity contribution >= 4 is 5.69 Å². The Kier molecular flexibility index (Phi) is 4.25. The van der Waals surface area contributed by atoms with Crippen LogP contribution in [0.15, 0.2) is 12.1 Å². The van der Waals surface area contributed by atoms with E-state index >= 15 is 0 Å². The van der Waals surface area contributed by atoms with Crippen LogP contribution in [0.5, 0.6) is 0 Å². The molecule has 3 saturated heterocycles. The number of piperazine rings is 1. The summed E-state index contributed by atoms with van der Waals surface area (Å²) < 4.78 is 53.4. The van der Waals surface area contributed by atoms with E-state index in [0.29, 0.717) is 37.3 Å². The minimum absolute atomic E-state index is 0.0612. The standard InChI is InChI=1S/C15H17F4N3O2/c1-2-21-10-4-11(21)8-20(7-10)6-9-3-13(16)14(22(23)24)5-12(9)15(17,18)19/h3,5,10-11H,2,4,6-8H2,1H3. The van der Waals surface area contributed by atoms with Crippen LogP contribution in [0.4, 0.5) is 23.2 Å². The molecule has 1 aromatic rings. The van der Waals surface area contributed by atoms with E-state index in [1.165, 1.54) is 0 Å². The van der Waals surface area contributed by atoms with Crippen molar-refractivity contribution in [1.29, 1.82) is 0 Å². The summed E-state index contributed by atoms with van der Waals surface area (Å²) in [5.41, 5.74) is -2.54. The Morgan fingerprint density at radius 3 is 2.42 bits per heavy atom. The molecule has 24 heavy (non-hydrogen) atoms. The summed E-state index contributed by atoms with van der Waals surface area (Å²) in [6.45, 7) is 4.14. The second-order valence-corrected chi connectivity index (χ2v) is 6.28. The van der Waals surface area contributed by atoms with Crippen molar-refractivity contribution in [1.82, 2.24) is 9.80 Å². The quantitative estimate of drug-likeness (QED) is 0.477. The zero-order chi connectivity index (χ0) is 17.6. The van der Waals surface area contributed by atoms with Gasteiger partial charge in [0.25, 0.3) is 0 Å². The van der Waals surface area contributed by atoms with Crippen LogP contribution in [-0.2, 0) is 12.7 Å². The predicted molar refractivity (Wildman–Crippen MR) is 77.9 cm³/mol. The number of nitrogens with zero attached hydrogens (tertiary/aromatic N) is 3. The Bertz CT molecular complexity index is 653. The second kappa shape index (κ2) is 5.96. The van der Waals surface area contributed by atoms with Gasteiger partial charge in [-0.2, -0.15) is 17.6 Å². The smallest absolute Gasteiger partial charge is 0.296 e. The minimum atomic E-state index is -4.76. The second-order valence-electron chi connectivity index (χ2n) is 6.28. The maximum absolute atomic E-state index is 13.8. The Labute approximate surface area is 136 Å². The molecule has 0 aromatic heterocycles. The summed E-state index contributed by atoms with van der Waals surface area (Å²) in [5.74, 6) is -1.24. The number of likely N-dealkylation sites (N-methyl/N-ethyl adjacent to an activating group) is 1. The number of nitro groups is 1. The predicted octanol–water partition coefficient (Wildman–Crippen LogP) is 3.03. The van der Waals surface area contributed by atoms with Crippen molar-refractivity contribution in [2.45, 2.75) is 38.1 Å². The normalized spacial score (nSPS) is 24.7. The first-order chi connectivity index (χ1) is 11.2. The van der Waals surface area contributed by atoms with Gasteiger partial charge in [-0.3, -0.25) is 19.9 Å². The fraction of sp³-hybridized carbons (Fsp3) is 0.600. The summed E-state index contributed by atoms with van der Waals surface area (Å²) in [6, 6.07) is 1.60. The first-order valence-electron chi connectivity index (χ1n) is 7.72. The molecule has 0 saturated carbocycles. The topological polar surface area (TPSA) is 49.6 Å². The maximum atomic E-state index is 13.8. The highest BCUT2D eigenvalue weighted by molar-refractivity contribution is 5.43. The van der Waals surface area contributed by atoms with Crippen LogP contribution in [0.25, 0.3) is 0 Å². The molecule has 5 nitrogen and oxygen atoms in total. The van der Waals surface area contributed by atoms with Crippen LogP contribution in [0, 0.1) is 15.9 Å². The molecule has 2 unspecified atom stereocenters. The van der Waals surface area contributed by atoms with E-state index in [4.69, 9.17) is 0 Å². The summed E-state index contributed by atoms with van der Waals surface area (Å²) in [6.07, 6.45) is -3.73. The lowest BCUT2D eigenvalue weighted by Crippen LogP contribution is -2.68. The molecular weight excluding hydrogens is 330 g/mol. The molecule has 3 aliphatic rings. The van der Waals surface area contributed by atoms with Crippen molar-refractivity contribution in [2.24, 2.45) is 0 Å². The van der Waals surface area contributed by atoms with Crippen LogP contribution < -0.4 is 0 Å². The molecule has 3 heterocycles. The Balaban J connectivity index is 1.85. The third-order valence-corrected chi connectivity index (χ3v) is 4.85. The van der Waals surface area contributed by atoms with Gasteiger partial charge in [-0.25, -0.2) is 0 Å². The van der Waals surface area contributed by atoms with Gasteiger partial charge < -0.3 is 0 Å². The van der Waals surface area contributed by atoms with Gasteiger partial charge in [0.2, 0.25) is 5.82 Å². The van der Waals surface area contributed by atoms with Crippen molar-refractivity contribution < 1.29 is 22.5 Å². The summed E-state index contributed by atoms with van der Waals surface area (Å²) in [4.78, 5) is 13.7. The molecule has 0 N–H and O–H groups in total. The molecule has 2 atom stereocenters. The number of fused-ring (bicyclic) bond motifs is 2. The first kappa shape index (κ1) is 17.1. The van der Waals surface area contributed by atoms with Crippen LogP contribution in [0.1, 0.15) is 24.5 Å². The Morgan fingerprint density at radius 1 is 1.29 bits per heavy atom. The molecule has 132 valence electrons. The lowest BCUT2D eigenvalue weighted by Gasteiger charge is -2.56. The highest BCUT2D eigenvalue weighted by Crippen LogP contribution is 2.38. The summed E-state index contributed by atoms with van der Waals surface area (Å²) in [5, 5.41) is 10.7. The van der Waals surface area contributed by atoms with Crippen molar-refractivity contribution in [2.75, 3.05) is 19.6 Å². The number of hydrogen-bond acceptors (Lipinski definition) is 4. The molecule has 9 heteroatoms. The Hall–Kier alpha value is -1.74. The molecule has 3 aliphatic heterocycles. The third-order valence-electron chi connectivity index (χ3n) is 4.85. The maximum Gasteiger partial charge on any atom is 0.416 e. The van der Waals surface area contributed by atoms with Gasteiger partial charge in [0, 0.05) is 37.8 Å². The lowest BCUT2D eigenvalue weighted by molar-refractivity contribution is -0.387. The SMILES string of the molecule is CCN1C2CC1CN(Cc1cc(F)c([N+](=O)[O-])cc1C(F)(F)F)C2. The zero-order valence-electron chi connectivity index (χ0n) is 13.0. The van der Waals surface area contributed by atoms with Gasteiger partial charge in [-0.1, -0.05) is 6.92 Å². The van der Waals surface area contributed by atoms with Gasteiger partial charge >= 0.3 is 11.9 Å². The Morgan fingerprint density at radius 2 is 1.92 bits per heavy atom. The van der Waals surface area contributed by atoms with Gasteiger partial charge in [0.1, 0.15) is 0 Å². The molecule has 0 aliphatic carbocycles. The minimum Gasteiger partial charge on any atom is -0.296 e. The number of piperidine rings is 1. The van der Waals surface area contributed by atoms with E-state index in [1.807, 2.05) is 11.8 Å². The fourth-order valence-electron chi connectivity index (χ4n) is 3.80. The monoisotopic (exact) mass is 347 g/mol. The number of halogens is 4. The van der Waals surface area contributed by atoms with E-state index in [-0.39, 0.29) is 12.1 Å². The molecule has 0 amide bonds. The van der Waals surface area contributed by atoms with E-state index in [1.54, 1.807) is 0 Å². The molecule has 1 aromatic carbocycles. The lowest BCUT2D eigenvalue weighted by atomic mass is 9.87. The summed E-state index contributed by atoms with van der Waals surface area (Å²) in [7, 11) is 0. The van der Waals surface area contributed by atoms with E-state index in [2.05, 4.69) is 4.90 Å².